The van der Waals surface area contributed by atoms with Crippen LogP contribution in [0.15, 0.2) is 24.3 Å². The summed E-state index contributed by atoms with van der Waals surface area (Å²) in [5.74, 6) is 0.531. The fourth-order valence-corrected chi connectivity index (χ4v) is 3.98. The van der Waals surface area contributed by atoms with Gasteiger partial charge in [0.15, 0.2) is 5.82 Å². The number of benzene rings is 1. The molecule has 0 radical (unpaired) electrons. The Labute approximate surface area is 180 Å². The van der Waals surface area contributed by atoms with E-state index in [1.54, 1.807) is 6.92 Å². The zero-order valence-corrected chi connectivity index (χ0v) is 17.8. The van der Waals surface area contributed by atoms with E-state index >= 15 is 0 Å². The monoisotopic (exact) mass is 455 g/mol. The van der Waals surface area contributed by atoms with Crippen LogP contribution in [-0.2, 0) is 17.5 Å². The molecule has 31 heavy (non-hydrogen) atoms. The molecule has 2 aromatic heterocycles. The number of methoxy groups -OCH3 is 2. The summed E-state index contributed by atoms with van der Waals surface area (Å²) in [6.45, 7) is 2.10. The number of carbonyl (C=O) groups excluding carboxylic acids is 1. The maximum Gasteiger partial charge on any atom is 0.416 e. The summed E-state index contributed by atoms with van der Waals surface area (Å²) >= 11 is 1.20. The third-order valence-electron chi connectivity index (χ3n) is 4.29. The lowest BCUT2D eigenvalue weighted by molar-refractivity contribution is -0.137. The van der Waals surface area contributed by atoms with E-state index < -0.39 is 11.7 Å². The summed E-state index contributed by atoms with van der Waals surface area (Å²) in [6.07, 6.45) is -4.45. The van der Waals surface area contributed by atoms with E-state index in [9.17, 15) is 18.0 Å². The van der Waals surface area contributed by atoms with E-state index in [0.29, 0.717) is 32.4 Å². The number of hydrogen-bond acceptors (Lipinski definition) is 7. The number of rotatable bonds is 8. The van der Waals surface area contributed by atoms with Crippen molar-refractivity contribution in [1.82, 2.24) is 15.3 Å². The van der Waals surface area contributed by atoms with Gasteiger partial charge in [-0.15, -0.1) is 11.3 Å². The number of fused-ring (bicyclic) bond motifs is 1. The minimum Gasteiger partial charge on any atom is -0.492 e. The van der Waals surface area contributed by atoms with Gasteiger partial charge >= 0.3 is 6.18 Å². The van der Waals surface area contributed by atoms with Crippen molar-refractivity contribution in [3.8, 4) is 11.6 Å². The van der Waals surface area contributed by atoms with Gasteiger partial charge in [-0.25, -0.2) is 4.98 Å². The number of aryl methyl sites for hydroxylation is 1. The SMILES string of the molecule is COCc1nc(OC)c2c(C)c(C(=O)NCCOc3cccc(C(F)(F)F)c3)sc2n1. The van der Waals surface area contributed by atoms with Crippen LogP contribution < -0.4 is 14.8 Å². The molecule has 3 rings (SSSR count). The van der Waals surface area contributed by atoms with Crippen LogP contribution in [0.25, 0.3) is 10.2 Å². The van der Waals surface area contributed by atoms with E-state index in [1.807, 2.05) is 0 Å². The van der Waals surface area contributed by atoms with E-state index in [-0.39, 0.29) is 31.4 Å². The Morgan fingerprint density at radius 2 is 2.00 bits per heavy atom. The van der Waals surface area contributed by atoms with Crippen molar-refractivity contribution in [2.75, 3.05) is 27.4 Å². The van der Waals surface area contributed by atoms with Crippen molar-refractivity contribution in [1.29, 1.82) is 0 Å². The first-order valence-corrected chi connectivity index (χ1v) is 9.97. The second-order valence-corrected chi connectivity index (χ2v) is 7.45. The molecule has 0 saturated carbocycles. The summed E-state index contributed by atoms with van der Waals surface area (Å²) in [5.41, 5.74) is -0.116. The Balaban J connectivity index is 1.66. The minimum atomic E-state index is -4.45. The van der Waals surface area contributed by atoms with E-state index in [0.717, 1.165) is 12.1 Å². The summed E-state index contributed by atoms with van der Waals surface area (Å²) < 4.78 is 54.0. The van der Waals surface area contributed by atoms with Gasteiger partial charge in [-0.3, -0.25) is 4.79 Å². The number of halogens is 3. The first kappa shape index (κ1) is 22.8. The van der Waals surface area contributed by atoms with E-state index in [4.69, 9.17) is 14.2 Å². The normalized spacial score (nSPS) is 11.5. The van der Waals surface area contributed by atoms with E-state index in [2.05, 4.69) is 15.3 Å². The van der Waals surface area contributed by atoms with Crippen molar-refractivity contribution in [2.45, 2.75) is 19.7 Å². The lowest BCUT2D eigenvalue weighted by Gasteiger charge is -2.10. The lowest BCUT2D eigenvalue weighted by atomic mass is 10.2. The summed E-state index contributed by atoms with van der Waals surface area (Å²) in [5, 5.41) is 3.35. The van der Waals surface area contributed by atoms with Crippen LogP contribution in [0.4, 0.5) is 13.2 Å². The molecular weight excluding hydrogens is 435 g/mol. The number of alkyl halides is 3. The quantitative estimate of drug-likeness (QED) is 0.518. The Morgan fingerprint density at radius 1 is 1.23 bits per heavy atom. The molecule has 1 aromatic carbocycles. The Hall–Kier alpha value is -2.92. The van der Waals surface area contributed by atoms with Crippen LogP contribution in [0.2, 0.25) is 0 Å². The lowest BCUT2D eigenvalue weighted by Crippen LogP contribution is -2.27. The number of nitrogens with zero attached hydrogens (tertiary/aromatic N) is 2. The molecule has 0 aliphatic rings. The Kier molecular flexibility index (Phi) is 6.96. The van der Waals surface area contributed by atoms with Crippen LogP contribution >= 0.6 is 11.3 Å². The van der Waals surface area contributed by atoms with Gasteiger partial charge in [-0.05, 0) is 30.7 Å². The van der Waals surface area contributed by atoms with Gasteiger partial charge in [0, 0.05) is 7.11 Å². The topological polar surface area (TPSA) is 82.6 Å². The Morgan fingerprint density at radius 3 is 2.68 bits per heavy atom. The number of aromatic nitrogens is 2. The van der Waals surface area contributed by atoms with Crippen molar-refractivity contribution >= 4 is 27.5 Å². The fraction of sp³-hybridized carbons (Fsp3) is 0.350. The highest BCUT2D eigenvalue weighted by atomic mass is 32.1. The molecule has 0 spiro atoms. The third-order valence-corrected chi connectivity index (χ3v) is 5.48. The smallest absolute Gasteiger partial charge is 0.416 e. The molecule has 0 aliphatic carbocycles. The number of hydrogen-bond donors (Lipinski definition) is 1. The number of carbonyl (C=O) groups is 1. The van der Waals surface area contributed by atoms with Crippen molar-refractivity contribution in [3.05, 3.63) is 46.1 Å². The molecule has 7 nitrogen and oxygen atoms in total. The molecule has 1 N–H and O–H groups in total. The highest BCUT2D eigenvalue weighted by Gasteiger charge is 2.30. The zero-order valence-electron chi connectivity index (χ0n) is 17.0. The fourth-order valence-electron chi connectivity index (χ4n) is 2.88. The molecule has 0 fully saturated rings. The summed E-state index contributed by atoms with van der Waals surface area (Å²) in [7, 11) is 3.01. The standard InChI is InChI=1S/C20H20F3N3O4S/c1-11-15-18(29-3)25-14(10-28-2)26-19(15)31-16(11)17(27)24-7-8-30-13-6-4-5-12(9-13)20(21,22)23/h4-6,9H,7-8,10H2,1-3H3,(H,24,27). The second kappa shape index (κ2) is 9.48. The molecule has 0 unspecified atom stereocenters. The molecule has 0 bridgehead atoms. The van der Waals surface area contributed by atoms with Crippen molar-refractivity contribution in [3.63, 3.8) is 0 Å². The van der Waals surface area contributed by atoms with Gasteiger partial charge in [0.05, 0.1) is 29.5 Å². The van der Waals surface area contributed by atoms with Crippen molar-refractivity contribution in [2.24, 2.45) is 0 Å². The van der Waals surface area contributed by atoms with Crippen molar-refractivity contribution < 1.29 is 32.2 Å². The maximum absolute atomic E-state index is 12.8. The number of ether oxygens (including phenoxy) is 3. The molecule has 2 heterocycles. The molecule has 0 saturated heterocycles. The highest BCUT2D eigenvalue weighted by molar-refractivity contribution is 7.20. The predicted octanol–water partition coefficient (Wildman–Crippen LogP) is 3.98. The summed E-state index contributed by atoms with van der Waals surface area (Å²) in [6, 6.07) is 4.58. The molecule has 0 atom stereocenters. The average Bonchev–Trinajstić information content (AvgIpc) is 3.07. The average molecular weight is 455 g/mol. The minimum absolute atomic E-state index is 0.0120. The van der Waals surface area contributed by atoms with Gasteiger partial charge in [0.1, 0.15) is 23.8 Å². The molecule has 3 aromatic rings. The molecular formula is C20H20F3N3O4S. The molecule has 1 amide bonds. The Bertz CT molecular complexity index is 1090. The third kappa shape index (κ3) is 5.23. The van der Waals surface area contributed by atoms with E-state index in [1.165, 1.54) is 37.7 Å². The molecule has 11 heteroatoms. The van der Waals surface area contributed by atoms with Gasteiger partial charge in [0.2, 0.25) is 5.88 Å². The zero-order chi connectivity index (χ0) is 22.6. The van der Waals surface area contributed by atoms with Crippen LogP contribution in [0.3, 0.4) is 0 Å². The molecule has 0 aliphatic heterocycles. The van der Waals surface area contributed by atoms with Gasteiger partial charge in [-0.1, -0.05) is 6.07 Å². The maximum atomic E-state index is 12.8. The van der Waals surface area contributed by atoms with Crippen LogP contribution in [0.1, 0.15) is 26.6 Å². The first-order chi connectivity index (χ1) is 14.7. The first-order valence-electron chi connectivity index (χ1n) is 9.15. The number of thiophene rings is 1. The van der Waals surface area contributed by atoms with Gasteiger partial charge in [0.25, 0.3) is 5.91 Å². The predicted molar refractivity (Wildman–Crippen MR) is 109 cm³/mol. The van der Waals surface area contributed by atoms with Crippen LogP contribution in [0.5, 0.6) is 11.6 Å². The second-order valence-electron chi connectivity index (χ2n) is 6.45. The largest absolute Gasteiger partial charge is 0.492 e. The molecule has 166 valence electrons. The van der Waals surface area contributed by atoms with Gasteiger partial charge < -0.3 is 19.5 Å². The van der Waals surface area contributed by atoms with Crippen LogP contribution in [0, 0.1) is 6.92 Å². The highest BCUT2D eigenvalue weighted by Crippen LogP contribution is 2.35. The van der Waals surface area contributed by atoms with Gasteiger partial charge in [-0.2, -0.15) is 18.2 Å². The number of nitrogens with one attached hydrogen (secondary N) is 1. The summed E-state index contributed by atoms with van der Waals surface area (Å²) in [4.78, 5) is 22.4. The number of amides is 1. The van der Waals surface area contributed by atoms with Crippen LogP contribution in [-0.4, -0.2) is 43.2 Å².